The Hall–Kier alpha value is -4.01. The summed E-state index contributed by atoms with van der Waals surface area (Å²) < 4.78 is 7.74. The maximum Gasteiger partial charge on any atom is 0.164 e. The normalized spacial score (nSPS) is 16.4. The van der Waals surface area contributed by atoms with Gasteiger partial charge in [-0.15, -0.1) is 4.91 Å². The average Bonchev–Trinajstić information content (AvgIpc) is 3.21. The summed E-state index contributed by atoms with van der Waals surface area (Å²) in [6.45, 7) is 1.15. The van der Waals surface area contributed by atoms with Crippen molar-refractivity contribution in [1.82, 2.24) is 24.8 Å². The number of nitrogen functional groups attached to an aromatic ring is 1. The summed E-state index contributed by atoms with van der Waals surface area (Å²) in [5.41, 5.74) is 8.46. The van der Waals surface area contributed by atoms with E-state index in [0.717, 1.165) is 29.9 Å². The molecule has 1 aliphatic rings. The molecule has 1 fully saturated rings. The van der Waals surface area contributed by atoms with E-state index in [9.17, 15) is 4.91 Å². The second kappa shape index (κ2) is 8.02. The number of hydrogen-bond acceptors (Lipinski definition) is 7. The Morgan fingerprint density at radius 3 is 2.58 bits per heavy atom. The predicted octanol–water partition coefficient (Wildman–Crippen LogP) is 4.19. The van der Waals surface area contributed by atoms with Gasteiger partial charge in [-0.05, 0) is 49.2 Å². The molecular weight excluding hydrogens is 394 g/mol. The fraction of sp³-hybridized carbons (Fsp3) is 0.227. The van der Waals surface area contributed by atoms with Gasteiger partial charge in [0.1, 0.15) is 29.3 Å². The Kier molecular flexibility index (Phi) is 4.91. The van der Waals surface area contributed by atoms with Crippen LogP contribution in [0.3, 0.4) is 0 Å². The van der Waals surface area contributed by atoms with Crippen molar-refractivity contribution < 1.29 is 4.74 Å². The molecule has 31 heavy (non-hydrogen) atoms. The van der Waals surface area contributed by atoms with E-state index in [1.54, 1.807) is 0 Å². The molecule has 2 aromatic carbocycles. The molecule has 9 heteroatoms. The molecule has 156 valence electrons. The Bertz CT molecular complexity index is 1210. The molecule has 1 atom stereocenters. The fourth-order valence-corrected chi connectivity index (χ4v) is 3.97. The van der Waals surface area contributed by atoms with Crippen molar-refractivity contribution in [2.45, 2.75) is 18.9 Å². The third-order valence-corrected chi connectivity index (χ3v) is 5.46. The van der Waals surface area contributed by atoms with E-state index in [-0.39, 0.29) is 6.04 Å². The van der Waals surface area contributed by atoms with E-state index in [4.69, 9.17) is 15.6 Å². The topological polar surface area (TPSA) is 112 Å². The van der Waals surface area contributed by atoms with Crippen LogP contribution in [0, 0.1) is 4.91 Å². The number of nitrogens with two attached hydrogens (primary N) is 1. The van der Waals surface area contributed by atoms with Gasteiger partial charge in [0.05, 0.1) is 23.3 Å². The zero-order valence-corrected chi connectivity index (χ0v) is 16.8. The van der Waals surface area contributed by atoms with Gasteiger partial charge in [-0.25, -0.2) is 14.6 Å². The number of aromatic nitrogens is 4. The van der Waals surface area contributed by atoms with Crippen LogP contribution in [0.2, 0.25) is 0 Å². The summed E-state index contributed by atoms with van der Waals surface area (Å²) in [7, 11) is 0. The number of nitrogens with zero attached hydrogens (tertiary/aromatic N) is 6. The summed E-state index contributed by atoms with van der Waals surface area (Å²) >= 11 is 0. The standard InChI is InChI=1S/C22H21N7O2/c23-21-19-20(15-8-10-18(11-9-15)31-17-6-2-1-3-7-17)26-29(22(19)25-14-24-21)16-5-4-12-28(13-16)27-30/h1-3,6-11,14,16H,4-5,12-13H2,(H2,23,24,25). The Morgan fingerprint density at radius 1 is 1.03 bits per heavy atom. The molecule has 0 saturated carbocycles. The van der Waals surface area contributed by atoms with Crippen LogP contribution in [0.4, 0.5) is 5.82 Å². The molecule has 5 rings (SSSR count). The van der Waals surface area contributed by atoms with Crippen LogP contribution in [0.5, 0.6) is 11.5 Å². The minimum atomic E-state index is -0.0160. The van der Waals surface area contributed by atoms with E-state index in [1.807, 2.05) is 59.3 Å². The van der Waals surface area contributed by atoms with Gasteiger partial charge in [0, 0.05) is 12.1 Å². The number of ether oxygens (including phenoxy) is 1. The molecular formula is C22H21N7O2. The lowest BCUT2D eigenvalue weighted by Crippen LogP contribution is -2.33. The Labute approximate surface area is 178 Å². The SMILES string of the molecule is Nc1ncnc2c1c(-c1ccc(Oc3ccccc3)cc1)nn2C1CCCN(N=O)C1. The van der Waals surface area contributed by atoms with Crippen LogP contribution < -0.4 is 10.5 Å². The quantitative estimate of drug-likeness (QED) is 0.487. The fourth-order valence-electron chi connectivity index (χ4n) is 3.97. The summed E-state index contributed by atoms with van der Waals surface area (Å²) in [6.07, 6.45) is 3.18. The van der Waals surface area contributed by atoms with Crippen LogP contribution in [-0.4, -0.2) is 37.8 Å². The van der Waals surface area contributed by atoms with Crippen molar-refractivity contribution in [2.75, 3.05) is 18.8 Å². The van der Waals surface area contributed by atoms with Crippen molar-refractivity contribution in [3.63, 3.8) is 0 Å². The highest BCUT2D eigenvalue weighted by atomic mass is 16.5. The monoisotopic (exact) mass is 415 g/mol. The first-order valence-electron chi connectivity index (χ1n) is 10.1. The molecule has 2 aromatic heterocycles. The number of benzene rings is 2. The van der Waals surface area contributed by atoms with Gasteiger partial charge >= 0.3 is 0 Å². The molecule has 1 aliphatic heterocycles. The van der Waals surface area contributed by atoms with E-state index in [1.165, 1.54) is 11.3 Å². The van der Waals surface area contributed by atoms with E-state index < -0.39 is 0 Å². The summed E-state index contributed by atoms with van der Waals surface area (Å²) in [5.74, 6) is 1.87. The lowest BCUT2D eigenvalue weighted by atomic mass is 10.1. The third-order valence-electron chi connectivity index (χ3n) is 5.46. The first-order chi connectivity index (χ1) is 15.2. The van der Waals surface area contributed by atoms with E-state index in [0.29, 0.717) is 35.6 Å². The second-order valence-electron chi connectivity index (χ2n) is 7.48. The van der Waals surface area contributed by atoms with Crippen molar-refractivity contribution in [3.05, 3.63) is 65.8 Å². The lowest BCUT2D eigenvalue weighted by Gasteiger charge is -2.28. The van der Waals surface area contributed by atoms with Crippen LogP contribution in [0.1, 0.15) is 18.9 Å². The minimum absolute atomic E-state index is 0.0160. The van der Waals surface area contributed by atoms with Crippen molar-refractivity contribution >= 4 is 16.9 Å². The van der Waals surface area contributed by atoms with Crippen molar-refractivity contribution in [1.29, 1.82) is 0 Å². The van der Waals surface area contributed by atoms with E-state index >= 15 is 0 Å². The van der Waals surface area contributed by atoms with Gasteiger partial charge in [0.25, 0.3) is 0 Å². The van der Waals surface area contributed by atoms with Gasteiger partial charge < -0.3 is 10.5 Å². The number of piperidine rings is 1. The molecule has 2 N–H and O–H groups in total. The van der Waals surface area contributed by atoms with Crippen molar-refractivity contribution in [3.8, 4) is 22.8 Å². The highest BCUT2D eigenvalue weighted by molar-refractivity contribution is 5.98. The molecule has 4 aromatic rings. The number of anilines is 1. The first-order valence-corrected chi connectivity index (χ1v) is 10.1. The maximum absolute atomic E-state index is 11.0. The molecule has 1 unspecified atom stereocenters. The second-order valence-corrected chi connectivity index (χ2v) is 7.48. The molecule has 3 heterocycles. The van der Waals surface area contributed by atoms with Gasteiger partial charge in [-0.3, -0.25) is 5.01 Å². The molecule has 0 aliphatic carbocycles. The van der Waals surface area contributed by atoms with Crippen LogP contribution in [0.15, 0.2) is 66.2 Å². The number of para-hydroxylation sites is 1. The van der Waals surface area contributed by atoms with Crippen molar-refractivity contribution in [2.24, 2.45) is 5.29 Å². The molecule has 0 spiro atoms. The van der Waals surface area contributed by atoms with Crippen LogP contribution in [0.25, 0.3) is 22.3 Å². The van der Waals surface area contributed by atoms with Crippen LogP contribution >= 0.6 is 0 Å². The first kappa shape index (κ1) is 19.0. The Morgan fingerprint density at radius 2 is 1.81 bits per heavy atom. The highest BCUT2D eigenvalue weighted by Crippen LogP contribution is 2.34. The minimum Gasteiger partial charge on any atom is -0.457 e. The third kappa shape index (κ3) is 3.65. The zero-order valence-electron chi connectivity index (χ0n) is 16.8. The van der Waals surface area contributed by atoms with Gasteiger partial charge in [0.15, 0.2) is 5.65 Å². The van der Waals surface area contributed by atoms with Gasteiger partial charge in [-0.1, -0.05) is 18.2 Å². The number of hydrogen-bond donors (Lipinski definition) is 1. The number of nitroso groups, excluding NO2 is 1. The summed E-state index contributed by atoms with van der Waals surface area (Å²) in [6, 6.07) is 17.3. The number of rotatable bonds is 5. The van der Waals surface area contributed by atoms with E-state index in [2.05, 4.69) is 15.3 Å². The smallest absolute Gasteiger partial charge is 0.164 e. The van der Waals surface area contributed by atoms with Crippen LogP contribution in [-0.2, 0) is 0 Å². The molecule has 0 amide bonds. The largest absolute Gasteiger partial charge is 0.457 e. The Balaban J connectivity index is 1.52. The van der Waals surface area contributed by atoms with Gasteiger partial charge in [-0.2, -0.15) is 5.10 Å². The van der Waals surface area contributed by atoms with Gasteiger partial charge in [0.2, 0.25) is 0 Å². The lowest BCUT2D eigenvalue weighted by molar-refractivity contribution is 0.176. The predicted molar refractivity (Wildman–Crippen MR) is 117 cm³/mol. The number of fused-ring (bicyclic) bond motifs is 1. The molecule has 1 saturated heterocycles. The average molecular weight is 415 g/mol. The maximum atomic E-state index is 11.0. The summed E-state index contributed by atoms with van der Waals surface area (Å²) in [5, 5.41) is 10.2. The zero-order chi connectivity index (χ0) is 21.2. The molecule has 9 nitrogen and oxygen atoms in total. The molecule has 0 bridgehead atoms. The summed E-state index contributed by atoms with van der Waals surface area (Å²) in [4.78, 5) is 19.6. The molecule has 0 radical (unpaired) electrons. The highest BCUT2D eigenvalue weighted by Gasteiger charge is 2.26.